The third kappa shape index (κ3) is 3.84. The van der Waals surface area contributed by atoms with Crippen molar-refractivity contribution in [1.82, 2.24) is 0 Å². The molecule has 0 aliphatic carbocycles. The lowest BCUT2D eigenvalue weighted by atomic mass is 10.1. The van der Waals surface area contributed by atoms with Crippen LogP contribution < -0.4 is 0 Å². The predicted molar refractivity (Wildman–Crippen MR) is 79.2 cm³/mol. The van der Waals surface area contributed by atoms with Crippen molar-refractivity contribution in [2.45, 2.75) is 52.7 Å². The Hall–Kier alpha value is -0.473. The fourth-order valence-electron chi connectivity index (χ4n) is 3.16. The Bertz CT molecular complexity index is 362. The smallest absolute Gasteiger partial charge is 0.452 e. The molecule has 0 spiro atoms. The minimum atomic E-state index is -3.36. The van der Waals surface area contributed by atoms with Crippen molar-refractivity contribution in [3.63, 3.8) is 0 Å². The highest BCUT2D eigenvalue weighted by molar-refractivity contribution is 6.55. The van der Waals surface area contributed by atoms with Crippen LogP contribution in [0.15, 0.2) is 0 Å². The van der Waals surface area contributed by atoms with Gasteiger partial charge in [-0.25, -0.2) is 0 Å². The molecule has 3 fully saturated rings. The first kappa shape index (κ1) is 16.9. The van der Waals surface area contributed by atoms with E-state index in [0.717, 1.165) is 43.5 Å². The van der Waals surface area contributed by atoms with Crippen LogP contribution in [0.3, 0.4) is 0 Å². The molecule has 3 aliphatic heterocycles. The number of carbonyl (C=O) groups excluding carboxylic acids is 1. The number of quaternary nitrogens is 1. The maximum atomic E-state index is 11.5. The lowest BCUT2D eigenvalue weighted by molar-refractivity contribution is -0.934. The zero-order valence-corrected chi connectivity index (χ0v) is 14.6. The first-order valence-electron chi connectivity index (χ1n) is 8.00. The SMILES string of the molecule is CCC1C[N+]2(CC)CCO[Si](OC(C)=O)(O1)OC(CC)C2. The summed E-state index contributed by atoms with van der Waals surface area (Å²) >= 11 is 0. The Balaban J connectivity index is 2.33. The number of fused-ring (bicyclic) bond motifs is 6. The van der Waals surface area contributed by atoms with Crippen LogP contribution in [0.4, 0.5) is 0 Å². The topological polar surface area (TPSA) is 54.0 Å². The number of nitrogens with zero attached hydrogens (tertiary/aromatic N) is 1. The van der Waals surface area contributed by atoms with Gasteiger partial charge in [0.05, 0.1) is 13.2 Å². The normalized spacial score (nSPS) is 40.2. The molecule has 7 heteroatoms. The summed E-state index contributed by atoms with van der Waals surface area (Å²) in [6.07, 6.45) is 1.74. The molecule has 0 aromatic carbocycles. The van der Waals surface area contributed by atoms with E-state index in [1.165, 1.54) is 6.92 Å². The third-order valence-electron chi connectivity index (χ3n) is 4.50. The minimum Gasteiger partial charge on any atom is -0.452 e. The molecule has 3 rings (SSSR count). The lowest BCUT2D eigenvalue weighted by Gasteiger charge is -2.48. The van der Waals surface area contributed by atoms with E-state index >= 15 is 0 Å². The van der Waals surface area contributed by atoms with Crippen molar-refractivity contribution >= 4 is 15.0 Å². The van der Waals surface area contributed by atoms with Crippen LogP contribution >= 0.6 is 0 Å². The zero-order chi connectivity index (χ0) is 15.5. The molecule has 3 saturated heterocycles. The van der Waals surface area contributed by atoms with Crippen molar-refractivity contribution < 1.29 is 27.0 Å². The number of hydrogen-bond donors (Lipinski definition) is 0. The Labute approximate surface area is 128 Å². The zero-order valence-electron chi connectivity index (χ0n) is 13.6. The highest BCUT2D eigenvalue weighted by Crippen LogP contribution is 2.29. The predicted octanol–water partition coefficient (Wildman–Crippen LogP) is 1.46. The summed E-state index contributed by atoms with van der Waals surface area (Å²) in [6, 6.07) is 0. The molecule has 122 valence electrons. The van der Waals surface area contributed by atoms with Crippen molar-refractivity contribution in [3.8, 4) is 0 Å². The number of likely N-dealkylation sites (N-methyl/N-ethyl adjacent to an activating group) is 1. The van der Waals surface area contributed by atoms with Gasteiger partial charge in [-0.05, 0) is 19.8 Å². The Kier molecular flexibility index (Phi) is 5.42. The van der Waals surface area contributed by atoms with Crippen molar-refractivity contribution in [3.05, 3.63) is 0 Å². The highest BCUT2D eigenvalue weighted by atomic mass is 28.4. The molecule has 3 aliphatic rings. The lowest BCUT2D eigenvalue weighted by Crippen LogP contribution is -2.68. The summed E-state index contributed by atoms with van der Waals surface area (Å²) in [5.74, 6) is -0.399. The maximum absolute atomic E-state index is 11.5. The molecule has 2 unspecified atom stereocenters. The number of hydrogen-bond acceptors (Lipinski definition) is 5. The number of rotatable bonds is 4. The summed E-state index contributed by atoms with van der Waals surface area (Å²) in [4.78, 5) is 11.5. The molecule has 6 nitrogen and oxygen atoms in total. The van der Waals surface area contributed by atoms with Gasteiger partial charge in [0.2, 0.25) is 0 Å². The van der Waals surface area contributed by atoms with Gasteiger partial charge in [0.1, 0.15) is 31.8 Å². The van der Waals surface area contributed by atoms with Crippen LogP contribution in [0.25, 0.3) is 0 Å². The van der Waals surface area contributed by atoms with E-state index in [9.17, 15) is 4.79 Å². The van der Waals surface area contributed by atoms with E-state index in [0.29, 0.717) is 6.61 Å². The fraction of sp³-hybridized carbons (Fsp3) is 0.929. The van der Waals surface area contributed by atoms with Crippen LogP contribution in [0, 0.1) is 0 Å². The summed E-state index contributed by atoms with van der Waals surface area (Å²) < 4.78 is 24.5. The Morgan fingerprint density at radius 3 is 2.19 bits per heavy atom. The first-order chi connectivity index (χ1) is 9.96. The standard InChI is InChI=1S/C14H28NO5Si/c1-5-13-10-15(7-3)8-9-17-21(19-13,18-12(4)16)20-14(6-2)11-15/h13-14H,5-11H2,1-4H3/q+1. The molecule has 0 N–H and O–H groups in total. The second-order valence-electron chi connectivity index (χ2n) is 5.98. The molecule has 3 heterocycles. The Morgan fingerprint density at radius 1 is 1.19 bits per heavy atom. The van der Waals surface area contributed by atoms with E-state index in [4.69, 9.17) is 17.7 Å². The molecule has 0 saturated carbocycles. The van der Waals surface area contributed by atoms with Crippen molar-refractivity contribution in [1.29, 1.82) is 0 Å². The van der Waals surface area contributed by atoms with E-state index in [1.54, 1.807) is 0 Å². The minimum absolute atomic E-state index is 0.00840. The van der Waals surface area contributed by atoms with Crippen LogP contribution in [-0.2, 0) is 22.5 Å². The highest BCUT2D eigenvalue weighted by Gasteiger charge is 2.58. The summed E-state index contributed by atoms with van der Waals surface area (Å²) in [6.45, 7) is 12.1. The third-order valence-corrected chi connectivity index (χ3v) is 6.84. The second kappa shape index (κ2) is 6.74. The maximum Gasteiger partial charge on any atom is 0.752 e. The first-order valence-corrected chi connectivity index (χ1v) is 9.64. The van der Waals surface area contributed by atoms with Gasteiger partial charge in [0.15, 0.2) is 0 Å². The van der Waals surface area contributed by atoms with Gasteiger partial charge in [0, 0.05) is 6.92 Å². The van der Waals surface area contributed by atoms with Gasteiger partial charge < -0.3 is 22.2 Å². The molecule has 2 atom stereocenters. The summed E-state index contributed by atoms with van der Waals surface area (Å²) in [5.41, 5.74) is 0. The Morgan fingerprint density at radius 2 is 1.76 bits per heavy atom. The van der Waals surface area contributed by atoms with Crippen molar-refractivity contribution in [2.75, 3.05) is 32.8 Å². The van der Waals surface area contributed by atoms with Crippen LogP contribution in [0.2, 0.25) is 0 Å². The van der Waals surface area contributed by atoms with E-state index in [-0.39, 0.29) is 12.2 Å². The van der Waals surface area contributed by atoms with Crippen LogP contribution in [-0.4, -0.2) is 64.5 Å². The molecule has 0 amide bonds. The largest absolute Gasteiger partial charge is 0.752 e. The average Bonchev–Trinajstić information content (AvgIpc) is 2.39. The van der Waals surface area contributed by atoms with Gasteiger partial charge in [-0.1, -0.05) is 13.8 Å². The van der Waals surface area contributed by atoms with Gasteiger partial charge in [-0.2, -0.15) is 0 Å². The van der Waals surface area contributed by atoms with Crippen LogP contribution in [0.5, 0.6) is 0 Å². The van der Waals surface area contributed by atoms with Gasteiger partial charge >= 0.3 is 9.05 Å². The molecule has 0 radical (unpaired) electrons. The molecule has 2 bridgehead atoms. The number of carbonyl (C=O) groups is 1. The van der Waals surface area contributed by atoms with E-state index in [2.05, 4.69) is 20.8 Å². The molecular weight excluding hydrogens is 290 g/mol. The average molecular weight is 318 g/mol. The summed E-state index contributed by atoms with van der Waals surface area (Å²) in [7, 11) is -3.36. The molecule has 0 aromatic rings. The van der Waals surface area contributed by atoms with Gasteiger partial charge in [-0.3, -0.25) is 4.79 Å². The van der Waals surface area contributed by atoms with Crippen LogP contribution in [0.1, 0.15) is 40.5 Å². The van der Waals surface area contributed by atoms with Gasteiger partial charge in [-0.15, -0.1) is 0 Å². The quantitative estimate of drug-likeness (QED) is 0.580. The molecular formula is C14H28NO5Si+. The van der Waals surface area contributed by atoms with E-state index < -0.39 is 15.0 Å². The second-order valence-corrected chi connectivity index (χ2v) is 7.95. The van der Waals surface area contributed by atoms with E-state index in [1.807, 2.05) is 0 Å². The van der Waals surface area contributed by atoms with Crippen molar-refractivity contribution in [2.24, 2.45) is 0 Å². The van der Waals surface area contributed by atoms with Gasteiger partial charge in [0.25, 0.3) is 5.97 Å². The fourth-order valence-corrected chi connectivity index (χ4v) is 5.50. The molecule has 21 heavy (non-hydrogen) atoms. The molecule has 0 aromatic heterocycles. The monoisotopic (exact) mass is 318 g/mol. The summed E-state index contributed by atoms with van der Waals surface area (Å²) in [5, 5.41) is 0.